The van der Waals surface area contributed by atoms with Gasteiger partial charge in [-0.3, -0.25) is 0 Å². The first-order valence-electron chi connectivity index (χ1n) is 4.77. The molecule has 82 valence electrons. The highest BCUT2D eigenvalue weighted by atomic mass is 35.5. The number of nitrogens with two attached hydrogens (primary N) is 1. The number of hydrogen-bond acceptors (Lipinski definition) is 3. The number of aliphatic hydroxyl groups excluding tert-OH is 1. The summed E-state index contributed by atoms with van der Waals surface area (Å²) in [5.41, 5.74) is 6.53. The molecule has 1 aromatic heterocycles. The molecule has 0 bridgehead atoms. The molecule has 0 aliphatic heterocycles. The predicted octanol–water partition coefficient (Wildman–Crippen LogP) is 1.74. The summed E-state index contributed by atoms with van der Waals surface area (Å²) < 4.78 is 0. The van der Waals surface area contributed by atoms with E-state index in [1.807, 2.05) is 0 Å². The summed E-state index contributed by atoms with van der Waals surface area (Å²) in [6.45, 7) is 0.490. The van der Waals surface area contributed by atoms with Gasteiger partial charge in [-0.15, -0.1) is 0 Å². The van der Waals surface area contributed by atoms with Gasteiger partial charge < -0.3 is 10.8 Å². The van der Waals surface area contributed by atoms with Crippen molar-refractivity contribution in [3.8, 4) is 0 Å². The lowest BCUT2D eigenvalue weighted by Gasteiger charge is -2.45. The zero-order valence-corrected chi connectivity index (χ0v) is 9.59. The molecule has 0 amide bonds. The molecule has 0 spiro atoms. The van der Waals surface area contributed by atoms with Crippen molar-refractivity contribution in [1.82, 2.24) is 4.98 Å². The van der Waals surface area contributed by atoms with Crippen LogP contribution in [0.2, 0.25) is 10.2 Å². The van der Waals surface area contributed by atoms with Crippen molar-refractivity contribution < 1.29 is 5.11 Å². The minimum Gasteiger partial charge on any atom is -0.393 e. The second-order valence-electron chi connectivity index (χ2n) is 4.04. The monoisotopic (exact) mass is 246 g/mol. The number of halogens is 2. The van der Waals surface area contributed by atoms with Crippen LogP contribution in [-0.4, -0.2) is 22.7 Å². The van der Waals surface area contributed by atoms with E-state index in [1.165, 1.54) is 0 Å². The first-order chi connectivity index (χ1) is 7.07. The molecular weight excluding hydrogens is 235 g/mol. The van der Waals surface area contributed by atoms with Crippen LogP contribution in [0.3, 0.4) is 0 Å². The van der Waals surface area contributed by atoms with E-state index in [-0.39, 0.29) is 11.5 Å². The van der Waals surface area contributed by atoms with E-state index < -0.39 is 0 Å². The SMILES string of the molecule is NCC1(c2cnc(Cl)c(Cl)c2)CC(O)C1. The van der Waals surface area contributed by atoms with Gasteiger partial charge in [0.2, 0.25) is 0 Å². The third-order valence-corrected chi connectivity index (χ3v) is 3.74. The van der Waals surface area contributed by atoms with Gasteiger partial charge >= 0.3 is 0 Å². The van der Waals surface area contributed by atoms with E-state index in [9.17, 15) is 5.11 Å². The van der Waals surface area contributed by atoms with Crippen LogP contribution in [0.4, 0.5) is 0 Å². The van der Waals surface area contributed by atoms with Crippen molar-refractivity contribution in [3.05, 3.63) is 28.0 Å². The number of nitrogens with zero attached hydrogens (tertiary/aromatic N) is 1. The third-order valence-electron chi connectivity index (χ3n) is 3.05. The standard InChI is InChI=1S/C10H12Cl2N2O/c11-8-1-6(4-14-9(8)12)10(5-13)2-7(15)3-10/h1,4,7,15H,2-3,5,13H2. The third kappa shape index (κ3) is 1.85. The zero-order valence-electron chi connectivity index (χ0n) is 8.08. The summed E-state index contributed by atoms with van der Waals surface area (Å²) in [5, 5.41) is 10.1. The van der Waals surface area contributed by atoms with Crippen LogP contribution >= 0.6 is 23.2 Å². The summed E-state index contributed by atoms with van der Waals surface area (Å²) in [6, 6.07) is 1.79. The average molecular weight is 247 g/mol. The van der Waals surface area contributed by atoms with Crippen LogP contribution in [0, 0.1) is 0 Å². The molecule has 1 saturated carbocycles. The van der Waals surface area contributed by atoms with E-state index in [4.69, 9.17) is 28.9 Å². The smallest absolute Gasteiger partial charge is 0.147 e. The van der Waals surface area contributed by atoms with Crippen LogP contribution in [0.1, 0.15) is 18.4 Å². The van der Waals surface area contributed by atoms with Crippen molar-refractivity contribution in [2.24, 2.45) is 5.73 Å². The number of aromatic nitrogens is 1. The highest BCUT2D eigenvalue weighted by molar-refractivity contribution is 6.41. The molecule has 1 heterocycles. The maximum Gasteiger partial charge on any atom is 0.147 e. The molecule has 15 heavy (non-hydrogen) atoms. The Bertz CT molecular complexity index is 378. The van der Waals surface area contributed by atoms with E-state index in [0.29, 0.717) is 29.6 Å². The quantitative estimate of drug-likeness (QED) is 0.782. The second-order valence-corrected chi connectivity index (χ2v) is 4.81. The van der Waals surface area contributed by atoms with Crippen LogP contribution in [0.5, 0.6) is 0 Å². The molecule has 0 aromatic carbocycles. The molecule has 1 aromatic rings. The van der Waals surface area contributed by atoms with E-state index in [2.05, 4.69) is 4.98 Å². The van der Waals surface area contributed by atoms with Crippen LogP contribution in [-0.2, 0) is 5.41 Å². The molecule has 1 aliphatic carbocycles. The van der Waals surface area contributed by atoms with Crippen molar-refractivity contribution in [2.45, 2.75) is 24.4 Å². The second kappa shape index (κ2) is 3.91. The molecule has 0 atom stereocenters. The zero-order chi connectivity index (χ0) is 11.1. The Hall–Kier alpha value is -0.350. The van der Waals surface area contributed by atoms with Gasteiger partial charge in [0.1, 0.15) is 5.15 Å². The first kappa shape index (κ1) is 11.1. The summed E-state index contributed by atoms with van der Waals surface area (Å²) >= 11 is 11.6. The first-order valence-corrected chi connectivity index (χ1v) is 5.53. The Morgan fingerprint density at radius 3 is 2.67 bits per heavy atom. The molecule has 0 unspecified atom stereocenters. The maximum atomic E-state index is 9.36. The molecule has 1 fully saturated rings. The van der Waals surface area contributed by atoms with E-state index in [0.717, 1.165) is 5.56 Å². The molecule has 0 saturated heterocycles. The summed E-state index contributed by atoms with van der Waals surface area (Å²) in [6.07, 6.45) is 2.77. The molecule has 0 radical (unpaired) electrons. The van der Waals surface area contributed by atoms with Gasteiger partial charge in [-0.05, 0) is 24.5 Å². The van der Waals surface area contributed by atoms with E-state index in [1.54, 1.807) is 12.3 Å². The Labute approximate surface area is 98.2 Å². The Balaban J connectivity index is 2.32. The van der Waals surface area contributed by atoms with Crippen molar-refractivity contribution in [2.75, 3.05) is 6.54 Å². The predicted molar refractivity (Wildman–Crippen MR) is 60.2 cm³/mol. The normalized spacial score (nSPS) is 30.0. The fourth-order valence-corrected chi connectivity index (χ4v) is 2.34. The molecule has 3 nitrogen and oxygen atoms in total. The lowest BCUT2D eigenvalue weighted by molar-refractivity contribution is 0.0220. The van der Waals surface area contributed by atoms with Gasteiger partial charge in [-0.25, -0.2) is 4.98 Å². The molecule has 1 aliphatic rings. The summed E-state index contributed by atoms with van der Waals surface area (Å²) in [7, 11) is 0. The van der Waals surface area contributed by atoms with E-state index >= 15 is 0 Å². The highest BCUT2D eigenvalue weighted by Crippen LogP contribution is 2.43. The van der Waals surface area contributed by atoms with Crippen molar-refractivity contribution in [1.29, 1.82) is 0 Å². The minimum absolute atomic E-state index is 0.166. The van der Waals surface area contributed by atoms with Gasteiger partial charge in [0, 0.05) is 18.2 Å². The number of rotatable bonds is 2. The van der Waals surface area contributed by atoms with Crippen molar-refractivity contribution >= 4 is 23.2 Å². The van der Waals surface area contributed by atoms with Crippen LogP contribution in [0.15, 0.2) is 12.3 Å². The van der Waals surface area contributed by atoms with Gasteiger partial charge in [-0.1, -0.05) is 23.2 Å². The highest BCUT2D eigenvalue weighted by Gasteiger charge is 2.44. The van der Waals surface area contributed by atoms with Gasteiger partial charge in [-0.2, -0.15) is 0 Å². The Morgan fingerprint density at radius 1 is 1.53 bits per heavy atom. The Kier molecular flexibility index (Phi) is 2.90. The topological polar surface area (TPSA) is 59.1 Å². The van der Waals surface area contributed by atoms with Crippen LogP contribution < -0.4 is 5.73 Å². The maximum absolute atomic E-state index is 9.36. The van der Waals surface area contributed by atoms with Crippen LogP contribution in [0.25, 0.3) is 0 Å². The number of pyridine rings is 1. The molecule has 3 N–H and O–H groups in total. The lowest BCUT2D eigenvalue weighted by Crippen LogP contribution is -2.49. The number of aliphatic hydroxyl groups is 1. The average Bonchev–Trinajstić information content (AvgIpc) is 2.17. The largest absolute Gasteiger partial charge is 0.393 e. The fraction of sp³-hybridized carbons (Fsp3) is 0.500. The minimum atomic E-state index is -0.261. The fourth-order valence-electron chi connectivity index (χ4n) is 2.07. The molecule has 5 heteroatoms. The van der Waals surface area contributed by atoms with Gasteiger partial charge in [0.05, 0.1) is 11.1 Å². The molecular formula is C10H12Cl2N2O. The van der Waals surface area contributed by atoms with Gasteiger partial charge in [0.25, 0.3) is 0 Å². The molecule has 2 rings (SSSR count). The van der Waals surface area contributed by atoms with Crippen molar-refractivity contribution in [3.63, 3.8) is 0 Å². The summed E-state index contributed by atoms with van der Waals surface area (Å²) in [5.74, 6) is 0. The summed E-state index contributed by atoms with van der Waals surface area (Å²) in [4.78, 5) is 4.00. The van der Waals surface area contributed by atoms with Gasteiger partial charge in [0.15, 0.2) is 0 Å². The number of hydrogen-bond donors (Lipinski definition) is 2. The Morgan fingerprint density at radius 2 is 2.20 bits per heavy atom. The lowest BCUT2D eigenvalue weighted by atomic mass is 9.63.